The molecule has 1 N–H and O–H groups in total. The van der Waals surface area contributed by atoms with Gasteiger partial charge in [0, 0.05) is 35.1 Å². The molecule has 4 rings (SSSR count). The lowest BCUT2D eigenvalue weighted by atomic mass is 10.1. The van der Waals surface area contributed by atoms with E-state index in [-0.39, 0.29) is 5.56 Å². The maximum Gasteiger partial charge on any atom is 0.280 e. The minimum Gasteiger partial charge on any atom is -0.322 e. The third-order valence-corrected chi connectivity index (χ3v) is 5.11. The first-order chi connectivity index (χ1) is 13.1. The Kier molecular flexibility index (Phi) is 4.56. The molecule has 6 heteroatoms. The number of amides is 1. The molecule has 2 heterocycles. The fraction of sp³-hybridized carbons (Fsp3) is 0.0952. The maximum absolute atomic E-state index is 12.8. The third kappa shape index (κ3) is 3.66. The molecule has 0 spiro atoms. The zero-order chi connectivity index (χ0) is 18.8. The van der Waals surface area contributed by atoms with Gasteiger partial charge in [0.05, 0.1) is 5.56 Å². The summed E-state index contributed by atoms with van der Waals surface area (Å²) >= 11 is 1.39. The van der Waals surface area contributed by atoms with Gasteiger partial charge in [0.2, 0.25) is 5.56 Å². The molecule has 0 saturated carbocycles. The van der Waals surface area contributed by atoms with Crippen LogP contribution < -0.4 is 10.4 Å². The molecule has 134 valence electrons. The summed E-state index contributed by atoms with van der Waals surface area (Å²) in [6, 6.07) is 16.8. The highest BCUT2D eigenvalue weighted by Gasteiger charge is 2.11. The molecule has 4 aromatic rings. The highest BCUT2D eigenvalue weighted by Crippen LogP contribution is 2.15. The van der Waals surface area contributed by atoms with Crippen molar-refractivity contribution in [3.63, 3.8) is 0 Å². The molecule has 0 atom stereocenters. The number of rotatable bonds is 3. The molecule has 0 aliphatic heterocycles. The summed E-state index contributed by atoms with van der Waals surface area (Å²) in [4.78, 5) is 32.3. The lowest BCUT2D eigenvalue weighted by Gasteiger charge is -2.04. The number of thiazole rings is 1. The van der Waals surface area contributed by atoms with Crippen LogP contribution in [0, 0.1) is 6.92 Å². The Morgan fingerprint density at radius 3 is 2.74 bits per heavy atom. The maximum atomic E-state index is 12.8. The van der Waals surface area contributed by atoms with Crippen LogP contribution in [0.3, 0.4) is 0 Å². The van der Waals surface area contributed by atoms with Gasteiger partial charge in [-0.3, -0.25) is 9.59 Å². The molecule has 1 amide bonds. The van der Waals surface area contributed by atoms with Gasteiger partial charge >= 0.3 is 0 Å². The largest absolute Gasteiger partial charge is 0.322 e. The van der Waals surface area contributed by atoms with Crippen LogP contribution in [-0.4, -0.2) is 15.5 Å². The number of benzene rings is 2. The second kappa shape index (κ2) is 7.17. The SMILES string of the molecule is Cc1ccc(Cn2ccsc2=NC(=O)c2cc(=O)[nH]c3ccccc23)cc1. The van der Waals surface area contributed by atoms with Crippen LogP contribution in [0.1, 0.15) is 21.5 Å². The molecule has 0 radical (unpaired) electrons. The Labute approximate surface area is 159 Å². The summed E-state index contributed by atoms with van der Waals surface area (Å²) < 4.78 is 1.93. The van der Waals surface area contributed by atoms with E-state index in [9.17, 15) is 9.59 Å². The minimum absolute atomic E-state index is 0.310. The summed E-state index contributed by atoms with van der Waals surface area (Å²) in [7, 11) is 0. The van der Waals surface area contributed by atoms with E-state index in [4.69, 9.17) is 0 Å². The van der Waals surface area contributed by atoms with Gasteiger partial charge in [-0.05, 0) is 18.6 Å². The lowest BCUT2D eigenvalue weighted by Crippen LogP contribution is -2.18. The van der Waals surface area contributed by atoms with Crippen molar-refractivity contribution in [3.8, 4) is 0 Å². The van der Waals surface area contributed by atoms with E-state index in [1.807, 2.05) is 41.3 Å². The highest BCUT2D eigenvalue weighted by atomic mass is 32.1. The summed E-state index contributed by atoms with van der Waals surface area (Å²) in [6.45, 7) is 2.68. The molecule has 27 heavy (non-hydrogen) atoms. The Balaban J connectivity index is 1.73. The van der Waals surface area contributed by atoms with Crippen molar-refractivity contribution in [2.45, 2.75) is 13.5 Å². The van der Waals surface area contributed by atoms with Crippen molar-refractivity contribution in [1.29, 1.82) is 0 Å². The zero-order valence-corrected chi connectivity index (χ0v) is 15.5. The Bertz CT molecular complexity index is 1250. The lowest BCUT2D eigenvalue weighted by molar-refractivity contribution is 0.0999. The van der Waals surface area contributed by atoms with Crippen LogP contribution in [0.15, 0.2) is 76.0 Å². The predicted octanol–water partition coefficient (Wildman–Crippen LogP) is 3.49. The number of aryl methyl sites for hydroxylation is 1. The fourth-order valence-electron chi connectivity index (χ4n) is 2.93. The van der Waals surface area contributed by atoms with E-state index in [1.165, 1.54) is 23.0 Å². The van der Waals surface area contributed by atoms with Crippen molar-refractivity contribution < 1.29 is 4.79 Å². The molecule has 5 nitrogen and oxygen atoms in total. The molecule has 0 saturated heterocycles. The van der Waals surface area contributed by atoms with E-state index in [1.54, 1.807) is 6.07 Å². The molecule has 0 aliphatic carbocycles. The number of hydrogen-bond acceptors (Lipinski definition) is 3. The number of para-hydroxylation sites is 1. The average molecular weight is 375 g/mol. The van der Waals surface area contributed by atoms with Crippen LogP contribution >= 0.6 is 11.3 Å². The van der Waals surface area contributed by atoms with Gasteiger partial charge in [-0.25, -0.2) is 0 Å². The standard InChI is InChI=1S/C21H17N3O2S/c1-14-6-8-15(9-7-14)13-24-10-11-27-21(24)23-20(26)17-12-19(25)22-18-5-3-2-4-16(17)18/h2-12H,13H2,1H3,(H,22,25). The molecule has 0 unspecified atom stereocenters. The molecular weight excluding hydrogens is 358 g/mol. The van der Waals surface area contributed by atoms with Crippen molar-refractivity contribution in [2.75, 3.05) is 0 Å². The van der Waals surface area contributed by atoms with Crippen LogP contribution in [-0.2, 0) is 6.54 Å². The number of nitrogens with one attached hydrogen (secondary N) is 1. The second-order valence-electron chi connectivity index (χ2n) is 6.31. The smallest absolute Gasteiger partial charge is 0.280 e. The molecule has 2 aromatic heterocycles. The van der Waals surface area contributed by atoms with Gasteiger partial charge < -0.3 is 9.55 Å². The summed E-state index contributed by atoms with van der Waals surface area (Å²) in [5.74, 6) is -0.419. The molecule has 0 fully saturated rings. The van der Waals surface area contributed by atoms with Crippen molar-refractivity contribution in [2.24, 2.45) is 4.99 Å². The number of nitrogens with zero attached hydrogens (tertiary/aromatic N) is 2. The molecular formula is C21H17N3O2S. The highest BCUT2D eigenvalue weighted by molar-refractivity contribution is 7.07. The van der Waals surface area contributed by atoms with Crippen molar-refractivity contribution in [3.05, 3.63) is 98.0 Å². The number of pyridine rings is 1. The third-order valence-electron chi connectivity index (χ3n) is 4.31. The molecule has 0 bridgehead atoms. The van der Waals surface area contributed by atoms with Crippen molar-refractivity contribution in [1.82, 2.24) is 9.55 Å². The van der Waals surface area contributed by atoms with Crippen LogP contribution in [0.5, 0.6) is 0 Å². The van der Waals surface area contributed by atoms with Crippen LogP contribution in [0.4, 0.5) is 0 Å². The molecule has 2 aromatic carbocycles. The Morgan fingerprint density at radius 1 is 1.15 bits per heavy atom. The van der Waals surface area contributed by atoms with Gasteiger partial charge in [0.15, 0.2) is 4.80 Å². The van der Waals surface area contributed by atoms with E-state index in [2.05, 4.69) is 34.2 Å². The van der Waals surface area contributed by atoms with E-state index >= 15 is 0 Å². The number of carbonyl (C=O) groups excluding carboxylic acids is 1. The van der Waals surface area contributed by atoms with Gasteiger partial charge in [0.25, 0.3) is 5.91 Å². The average Bonchev–Trinajstić information content (AvgIpc) is 3.09. The summed E-state index contributed by atoms with van der Waals surface area (Å²) in [5, 5.41) is 2.59. The topological polar surface area (TPSA) is 67.2 Å². The quantitative estimate of drug-likeness (QED) is 0.596. The minimum atomic E-state index is -0.419. The van der Waals surface area contributed by atoms with Crippen molar-refractivity contribution >= 4 is 28.1 Å². The number of carbonyl (C=O) groups is 1. The zero-order valence-electron chi connectivity index (χ0n) is 14.7. The number of aromatic amines is 1. The summed E-state index contributed by atoms with van der Waals surface area (Å²) in [6.07, 6.45) is 1.91. The fourth-order valence-corrected chi connectivity index (χ4v) is 3.65. The van der Waals surface area contributed by atoms with Gasteiger partial charge in [0.1, 0.15) is 0 Å². The first-order valence-electron chi connectivity index (χ1n) is 8.51. The van der Waals surface area contributed by atoms with Gasteiger partial charge in [-0.1, -0.05) is 48.0 Å². The molecule has 0 aliphatic rings. The summed E-state index contributed by atoms with van der Waals surface area (Å²) in [5.41, 5.74) is 2.96. The van der Waals surface area contributed by atoms with Crippen LogP contribution in [0.25, 0.3) is 10.9 Å². The normalized spacial score (nSPS) is 11.8. The number of hydrogen-bond donors (Lipinski definition) is 1. The van der Waals surface area contributed by atoms with Crippen LogP contribution in [0.2, 0.25) is 0 Å². The number of fused-ring (bicyclic) bond motifs is 1. The Morgan fingerprint density at radius 2 is 1.93 bits per heavy atom. The van der Waals surface area contributed by atoms with E-state index < -0.39 is 5.91 Å². The predicted molar refractivity (Wildman–Crippen MR) is 107 cm³/mol. The Hall–Kier alpha value is -3.25. The van der Waals surface area contributed by atoms with Gasteiger partial charge in [-0.15, -0.1) is 11.3 Å². The first-order valence-corrected chi connectivity index (χ1v) is 9.39. The van der Waals surface area contributed by atoms with E-state index in [0.717, 1.165) is 5.56 Å². The monoisotopic (exact) mass is 375 g/mol. The van der Waals surface area contributed by atoms with E-state index in [0.29, 0.717) is 27.8 Å². The number of H-pyrrole nitrogens is 1. The van der Waals surface area contributed by atoms with Gasteiger partial charge in [-0.2, -0.15) is 4.99 Å². The first kappa shape index (κ1) is 17.2. The number of aromatic nitrogens is 2. The second-order valence-corrected chi connectivity index (χ2v) is 7.18.